The zero-order valence-corrected chi connectivity index (χ0v) is 12.6. The summed E-state index contributed by atoms with van der Waals surface area (Å²) in [5, 5.41) is 11.6. The molecule has 0 spiro atoms. The van der Waals surface area contributed by atoms with Crippen LogP contribution in [0.4, 0.5) is 5.69 Å². The molecule has 2 aromatic rings. The molecule has 0 amide bonds. The lowest BCUT2D eigenvalue weighted by atomic mass is 9.92. The molecule has 0 aliphatic carbocycles. The molecule has 1 atom stereocenters. The van der Waals surface area contributed by atoms with Gasteiger partial charge in [-0.1, -0.05) is 41.4 Å². The molecular weight excluding hydrogens is 311 g/mol. The van der Waals surface area contributed by atoms with Crippen molar-refractivity contribution in [2.75, 3.05) is 6.54 Å². The normalized spacial score (nSPS) is 12.1. The van der Waals surface area contributed by atoms with E-state index < -0.39 is 4.92 Å². The minimum Gasteiger partial charge on any atom is -0.330 e. The van der Waals surface area contributed by atoms with Crippen LogP contribution in [0.1, 0.15) is 17.0 Å². The van der Waals surface area contributed by atoms with Crippen LogP contribution >= 0.6 is 23.2 Å². The van der Waals surface area contributed by atoms with Crippen molar-refractivity contribution in [2.45, 2.75) is 12.3 Å². The first-order chi connectivity index (χ1) is 10.0. The third-order valence-corrected chi connectivity index (χ3v) is 4.07. The van der Waals surface area contributed by atoms with E-state index in [1.807, 2.05) is 12.1 Å². The van der Waals surface area contributed by atoms with Crippen LogP contribution in [0, 0.1) is 10.1 Å². The fourth-order valence-electron chi connectivity index (χ4n) is 2.14. The Hall–Kier alpha value is -1.62. The highest BCUT2D eigenvalue weighted by atomic mass is 35.5. The van der Waals surface area contributed by atoms with E-state index in [0.29, 0.717) is 23.0 Å². The van der Waals surface area contributed by atoms with Gasteiger partial charge in [-0.2, -0.15) is 0 Å². The van der Waals surface area contributed by atoms with Gasteiger partial charge < -0.3 is 5.73 Å². The van der Waals surface area contributed by atoms with Gasteiger partial charge in [0.05, 0.1) is 15.0 Å². The summed E-state index contributed by atoms with van der Waals surface area (Å²) >= 11 is 11.9. The largest absolute Gasteiger partial charge is 0.330 e. The summed E-state index contributed by atoms with van der Waals surface area (Å²) in [5.74, 6) is 0.0845. The van der Waals surface area contributed by atoms with Crippen LogP contribution < -0.4 is 5.73 Å². The summed E-state index contributed by atoms with van der Waals surface area (Å²) in [5.41, 5.74) is 7.91. The van der Waals surface area contributed by atoms with E-state index in [1.165, 1.54) is 12.1 Å². The van der Waals surface area contributed by atoms with Crippen LogP contribution in [-0.4, -0.2) is 11.5 Å². The predicted molar refractivity (Wildman–Crippen MR) is 85.1 cm³/mol. The number of nitrogens with two attached hydrogens (primary N) is 1. The van der Waals surface area contributed by atoms with Gasteiger partial charge in [0.25, 0.3) is 5.69 Å². The summed E-state index contributed by atoms with van der Waals surface area (Å²) in [6.45, 7) is 0.453. The fraction of sp³-hybridized carbons (Fsp3) is 0.200. The van der Waals surface area contributed by atoms with E-state index in [4.69, 9.17) is 28.9 Å². The van der Waals surface area contributed by atoms with Crippen LogP contribution in [0.3, 0.4) is 0 Å². The van der Waals surface area contributed by atoms with Gasteiger partial charge in [-0.25, -0.2) is 0 Å². The summed E-state index contributed by atoms with van der Waals surface area (Å²) in [7, 11) is 0. The van der Waals surface area contributed by atoms with Crippen LogP contribution in [0.15, 0.2) is 42.5 Å². The quantitative estimate of drug-likeness (QED) is 0.662. The Kier molecular flexibility index (Phi) is 5.17. The number of rotatable bonds is 5. The Bertz CT molecular complexity index is 645. The molecule has 0 saturated heterocycles. The average molecular weight is 325 g/mol. The molecule has 0 aliphatic rings. The summed E-state index contributed by atoms with van der Waals surface area (Å²) in [6, 6.07) is 12.0. The molecule has 0 fully saturated rings. The summed E-state index contributed by atoms with van der Waals surface area (Å²) in [6.07, 6.45) is 0.687. The number of halogens is 2. The van der Waals surface area contributed by atoms with Gasteiger partial charge in [0, 0.05) is 18.1 Å². The minimum atomic E-state index is -0.414. The lowest BCUT2D eigenvalue weighted by molar-refractivity contribution is -0.384. The van der Waals surface area contributed by atoms with Gasteiger partial charge in [-0.05, 0) is 36.2 Å². The fourth-order valence-corrected chi connectivity index (χ4v) is 2.45. The highest BCUT2D eigenvalue weighted by molar-refractivity contribution is 6.42. The second-order valence-corrected chi connectivity index (χ2v) is 5.55. The molecule has 0 radical (unpaired) electrons. The van der Waals surface area contributed by atoms with E-state index in [0.717, 1.165) is 11.1 Å². The number of nitrogens with zero attached hydrogens (tertiary/aromatic N) is 1. The van der Waals surface area contributed by atoms with Crippen molar-refractivity contribution in [1.82, 2.24) is 0 Å². The van der Waals surface area contributed by atoms with Crippen molar-refractivity contribution in [3.05, 3.63) is 73.8 Å². The molecule has 6 heteroatoms. The van der Waals surface area contributed by atoms with Crippen LogP contribution in [-0.2, 0) is 6.42 Å². The van der Waals surface area contributed by atoms with Crippen molar-refractivity contribution >= 4 is 28.9 Å². The highest BCUT2D eigenvalue weighted by Gasteiger charge is 2.13. The highest BCUT2D eigenvalue weighted by Crippen LogP contribution is 2.28. The van der Waals surface area contributed by atoms with Crippen molar-refractivity contribution in [2.24, 2.45) is 5.73 Å². The number of hydrogen-bond acceptors (Lipinski definition) is 3. The number of benzene rings is 2. The third-order valence-electron chi connectivity index (χ3n) is 3.33. The van der Waals surface area contributed by atoms with E-state index in [9.17, 15) is 10.1 Å². The second-order valence-electron chi connectivity index (χ2n) is 4.73. The molecule has 2 N–H and O–H groups in total. The van der Waals surface area contributed by atoms with E-state index in [-0.39, 0.29) is 11.6 Å². The average Bonchev–Trinajstić information content (AvgIpc) is 2.48. The lowest BCUT2D eigenvalue weighted by Gasteiger charge is -2.16. The zero-order valence-electron chi connectivity index (χ0n) is 11.1. The summed E-state index contributed by atoms with van der Waals surface area (Å²) < 4.78 is 0. The molecule has 0 saturated carbocycles. The van der Waals surface area contributed by atoms with Gasteiger partial charge >= 0.3 is 0 Å². The third kappa shape index (κ3) is 3.94. The maximum absolute atomic E-state index is 10.6. The van der Waals surface area contributed by atoms with Gasteiger partial charge in [0.2, 0.25) is 0 Å². The van der Waals surface area contributed by atoms with Crippen molar-refractivity contribution < 1.29 is 4.92 Å². The maximum atomic E-state index is 10.6. The predicted octanol–water partition coefficient (Wildman–Crippen LogP) is 4.19. The van der Waals surface area contributed by atoms with Crippen LogP contribution in [0.5, 0.6) is 0 Å². The molecule has 1 unspecified atom stereocenters. The van der Waals surface area contributed by atoms with Gasteiger partial charge in [0.15, 0.2) is 0 Å². The first kappa shape index (κ1) is 15.8. The Morgan fingerprint density at radius 3 is 2.29 bits per heavy atom. The van der Waals surface area contributed by atoms with Gasteiger partial charge in [-0.3, -0.25) is 10.1 Å². The maximum Gasteiger partial charge on any atom is 0.269 e. The summed E-state index contributed by atoms with van der Waals surface area (Å²) in [4.78, 5) is 10.2. The van der Waals surface area contributed by atoms with Gasteiger partial charge in [-0.15, -0.1) is 0 Å². The van der Waals surface area contributed by atoms with Crippen LogP contribution in [0.25, 0.3) is 0 Å². The SMILES string of the molecule is NCC(Cc1ccc([N+](=O)[O-])cc1)c1ccc(Cl)c(Cl)c1. The topological polar surface area (TPSA) is 69.2 Å². The Balaban J connectivity index is 2.18. The smallest absolute Gasteiger partial charge is 0.269 e. The molecule has 2 aromatic carbocycles. The number of non-ortho nitro benzene ring substituents is 1. The van der Waals surface area contributed by atoms with Crippen molar-refractivity contribution in [1.29, 1.82) is 0 Å². The lowest BCUT2D eigenvalue weighted by Crippen LogP contribution is -2.15. The van der Waals surface area contributed by atoms with Crippen molar-refractivity contribution in [3.8, 4) is 0 Å². The number of nitro benzene ring substituents is 1. The molecular formula is C15H14Cl2N2O2. The Morgan fingerprint density at radius 1 is 1.10 bits per heavy atom. The standard InChI is InChI=1S/C15H14Cl2N2O2/c16-14-6-3-11(8-15(14)17)12(9-18)7-10-1-4-13(5-2-10)19(20)21/h1-6,8,12H,7,9,18H2. The molecule has 0 heterocycles. The molecule has 0 bridgehead atoms. The first-order valence-corrected chi connectivity index (χ1v) is 7.15. The molecule has 0 aliphatic heterocycles. The Morgan fingerprint density at radius 2 is 1.76 bits per heavy atom. The van der Waals surface area contributed by atoms with Crippen molar-refractivity contribution in [3.63, 3.8) is 0 Å². The van der Waals surface area contributed by atoms with Crippen LogP contribution in [0.2, 0.25) is 10.0 Å². The van der Waals surface area contributed by atoms with E-state index >= 15 is 0 Å². The minimum absolute atomic E-state index is 0.0811. The van der Waals surface area contributed by atoms with E-state index in [1.54, 1.807) is 18.2 Å². The number of hydrogen-bond donors (Lipinski definition) is 1. The molecule has 2 rings (SSSR count). The first-order valence-electron chi connectivity index (χ1n) is 6.39. The second kappa shape index (κ2) is 6.89. The molecule has 21 heavy (non-hydrogen) atoms. The van der Waals surface area contributed by atoms with Gasteiger partial charge in [0.1, 0.15) is 0 Å². The molecule has 110 valence electrons. The molecule has 0 aromatic heterocycles. The molecule has 4 nitrogen and oxygen atoms in total. The zero-order chi connectivity index (χ0) is 15.4. The number of nitro groups is 1. The van der Waals surface area contributed by atoms with E-state index in [2.05, 4.69) is 0 Å². The monoisotopic (exact) mass is 324 g/mol. The Labute approximate surface area is 132 Å².